The average Bonchev–Trinajstić information content (AvgIpc) is 3.04. The first-order valence-electron chi connectivity index (χ1n) is 7.17. The lowest BCUT2D eigenvalue weighted by Gasteiger charge is -2.18. The number of ether oxygens (including phenoxy) is 1. The second kappa shape index (κ2) is 4.27. The highest BCUT2D eigenvalue weighted by Crippen LogP contribution is 2.47. The van der Waals surface area contributed by atoms with Gasteiger partial charge < -0.3 is 14.5 Å². The zero-order chi connectivity index (χ0) is 13.7. The summed E-state index contributed by atoms with van der Waals surface area (Å²) in [5.74, 6) is 1.41. The van der Waals surface area contributed by atoms with Crippen LogP contribution in [0.15, 0.2) is 22.8 Å². The minimum Gasteiger partial charge on any atom is -0.493 e. The van der Waals surface area contributed by atoms with Crippen LogP contribution in [0.3, 0.4) is 0 Å². The zero-order valence-electron chi connectivity index (χ0n) is 11.4. The summed E-state index contributed by atoms with van der Waals surface area (Å²) >= 11 is 0. The first-order valence-corrected chi connectivity index (χ1v) is 7.17. The topological polar surface area (TPSA) is 51.5 Å². The molecule has 4 nitrogen and oxygen atoms in total. The largest absolute Gasteiger partial charge is 0.493 e. The van der Waals surface area contributed by atoms with Gasteiger partial charge in [0.25, 0.3) is 0 Å². The van der Waals surface area contributed by atoms with Gasteiger partial charge in [-0.05, 0) is 31.4 Å². The maximum absolute atomic E-state index is 11.2. The molecule has 0 spiro atoms. The minimum absolute atomic E-state index is 0.0377. The van der Waals surface area contributed by atoms with Crippen LogP contribution in [-0.4, -0.2) is 18.6 Å². The number of amides is 1. The third-order valence-electron chi connectivity index (χ3n) is 4.24. The molecule has 0 saturated heterocycles. The summed E-state index contributed by atoms with van der Waals surface area (Å²) in [6.45, 7) is 2.36. The van der Waals surface area contributed by atoms with Gasteiger partial charge in [0, 0.05) is 35.4 Å². The molecular weight excluding hydrogens is 254 g/mol. The van der Waals surface area contributed by atoms with E-state index in [0.29, 0.717) is 5.92 Å². The second-order valence-electron chi connectivity index (χ2n) is 5.71. The molecule has 2 aromatic rings. The SMILES string of the molecule is CC(=O)N[C@@H]1C[C@H]1c1coc2ccc3c(c12)CCCO3. The van der Waals surface area contributed by atoms with Gasteiger partial charge in [0.1, 0.15) is 11.3 Å². The van der Waals surface area contributed by atoms with E-state index in [9.17, 15) is 4.79 Å². The van der Waals surface area contributed by atoms with Crippen molar-refractivity contribution in [3.05, 3.63) is 29.5 Å². The lowest BCUT2D eigenvalue weighted by atomic mass is 9.97. The molecule has 1 fully saturated rings. The van der Waals surface area contributed by atoms with E-state index in [2.05, 4.69) is 5.32 Å². The quantitative estimate of drug-likeness (QED) is 0.913. The number of hydrogen-bond donors (Lipinski definition) is 1. The van der Waals surface area contributed by atoms with Crippen molar-refractivity contribution < 1.29 is 13.9 Å². The number of nitrogens with one attached hydrogen (secondary N) is 1. The highest BCUT2D eigenvalue weighted by molar-refractivity contribution is 5.88. The number of rotatable bonds is 2. The summed E-state index contributed by atoms with van der Waals surface area (Å²) in [6.07, 6.45) is 4.94. The van der Waals surface area contributed by atoms with Crippen molar-refractivity contribution >= 4 is 16.9 Å². The molecule has 2 atom stereocenters. The van der Waals surface area contributed by atoms with Gasteiger partial charge in [-0.25, -0.2) is 0 Å². The molecule has 0 bridgehead atoms. The monoisotopic (exact) mass is 271 g/mol. The molecule has 1 N–H and O–H groups in total. The molecule has 4 heteroatoms. The van der Waals surface area contributed by atoms with Gasteiger partial charge in [-0.2, -0.15) is 0 Å². The molecule has 0 radical (unpaired) electrons. The van der Waals surface area contributed by atoms with Crippen LogP contribution in [0.2, 0.25) is 0 Å². The summed E-state index contributed by atoms with van der Waals surface area (Å²) < 4.78 is 11.4. The van der Waals surface area contributed by atoms with Crippen molar-refractivity contribution in [1.82, 2.24) is 5.32 Å². The molecule has 2 aliphatic rings. The normalized spacial score (nSPS) is 24.1. The molecule has 20 heavy (non-hydrogen) atoms. The lowest BCUT2D eigenvalue weighted by Crippen LogP contribution is -2.23. The second-order valence-corrected chi connectivity index (χ2v) is 5.71. The number of hydrogen-bond acceptors (Lipinski definition) is 3. The molecule has 0 unspecified atom stereocenters. The van der Waals surface area contributed by atoms with E-state index in [1.807, 2.05) is 18.4 Å². The van der Waals surface area contributed by atoms with Crippen LogP contribution in [0.25, 0.3) is 11.0 Å². The van der Waals surface area contributed by atoms with Crippen molar-refractivity contribution in [2.24, 2.45) is 0 Å². The number of carbonyl (C=O) groups excluding carboxylic acids is 1. The summed E-state index contributed by atoms with van der Waals surface area (Å²) in [4.78, 5) is 11.2. The number of carbonyl (C=O) groups is 1. The fourth-order valence-electron chi connectivity index (χ4n) is 3.25. The van der Waals surface area contributed by atoms with Crippen LogP contribution in [0.4, 0.5) is 0 Å². The van der Waals surface area contributed by atoms with Crippen molar-refractivity contribution in [2.75, 3.05) is 6.61 Å². The van der Waals surface area contributed by atoms with Crippen molar-refractivity contribution in [1.29, 1.82) is 0 Å². The van der Waals surface area contributed by atoms with Crippen molar-refractivity contribution in [3.8, 4) is 5.75 Å². The molecule has 1 aliphatic heterocycles. The number of furan rings is 1. The summed E-state index contributed by atoms with van der Waals surface area (Å²) in [5, 5.41) is 4.20. The number of fused-ring (bicyclic) bond motifs is 3. The third-order valence-corrected chi connectivity index (χ3v) is 4.24. The molecule has 104 valence electrons. The Morgan fingerprint density at radius 1 is 1.40 bits per heavy atom. The maximum Gasteiger partial charge on any atom is 0.217 e. The lowest BCUT2D eigenvalue weighted by molar-refractivity contribution is -0.119. The molecule has 4 rings (SSSR count). The highest BCUT2D eigenvalue weighted by atomic mass is 16.5. The van der Waals surface area contributed by atoms with Crippen LogP contribution in [0.5, 0.6) is 5.75 Å². The van der Waals surface area contributed by atoms with Crippen LogP contribution in [0.1, 0.15) is 36.8 Å². The van der Waals surface area contributed by atoms with Crippen molar-refractivity contribution in [3.63, 3.8) is 0 Å². The Labute approximate surface area is 117 Å². The van der Waals surface area contributed by atoms with Crippen LogP contribution in [0, 0.1) is 0 Å². The maximum atomic E-state index is 11.2. The Morgan fingerprint density at radius 3 is 3.15 bits per heavy atom. The van der Waals surface area contributed by atoms with E-state index in [4.69, 9.17) is 9.15 Å². The van der Waals surface area contributed by atoms with Gasteiger partial charge in [-0.3, -0.25) is 4.79 Å². The van der Waals surface area contributed by atoms with Gasteiger partial charge in [-0.15, -0.1) is 0 Å². The van der Waals surface area contributed by atoms with E-state index in [1.165, 1.54) is 16.5 Å². The highest BCUT2D eigenvalue weighted by Gasteiger charge is 2.41. The summed E-state index contributed by atoms with van der Waals surface area (Å²) in [7, 11) is 0. The van der Waals surface area contributed by atoms with Crippen LogP contribution < -0.4 is 10.1 Å². The molecular formula is C16H17NO3. The van der Waals surface area contributed by atoms with Crippen LogP contribution in [-0.2, 0) is 11.2 Å². The predicted octanol–water partition coefficient (Wildman–Crippen LogP) is 2.75. The Hall–Kier alpha value is -1.97. The minimum atomic E-state index is 0.0377. The Bertz CT molecular complexity index is 688. The molecule has 1 aliphatic carbocycles. The first kappa shape index (κ1) is 11.8. The fraction of sp³-hybridized carbons (Fsp3) is 0.438. The zero-order valence-corrected chi connectivity index (χ0v) is 11.4. The molecule has 1 saturated carbocycles. The standard InChI is InChI=1S/C16H17NO3/c1-9(18)17-13-7-11(13)12-8-20-15-5-4-14-10(16(12)15)3-2-6-19-14/h4-5,8,11,13H,2-3,6-7H2,1H3,(H,17,18)/t11-,13+/m0/s1. The van der Waals surface area contributed by atoms with E-state index >= 15 is 0 Å². The number of aryl methyl sites for hydroxylation is 1. The first-order chi connectivity index (χ1) is 9.74. The summed E-state index contributed by atoms with van der Waals surface area (Å²) in [6, 6.07) is 4.25. The van der Waals surface area contributed by atoms with E-state index in [0.717, 1.165) is 37.2 Å². The Kier molecular flexibility index (Phi) is 2.52. The third kappa shape index (κ3) is 1.79. The van der Waals surface area contributed by atoms with Gasteiger partial charge in [0.15, 0.2) is 0 Å². The Morgan fingerprint density at radius 2 is 2.30 bits per heavy atom. The Balaban J connectivity index is 1.76. The van der Waals surface area contributed by atoms with Gasteiger partial charge >= 0.3 is 0 Å². The van der Waals surface area contributed by atoms with E-state index < -0.39 is 0 Å². The smallest absolute Gasteiger partial charge is 0.217 e. The molecule has 2 heterocycles. The molecule has 1 amide bonds. The number of benzene rings is 1. The molecule has 1 aromatic heterocycles. The van der Waals surface area contributed by atoms with Crippen LogP contribution >= 0.6 is 0 Å². The average molecular weight is 271 g/mol. The van der Waals surface area contributed by atoms with Gasteiger partial charge in [-0.1, -0.05) is 0 Å². The summed E-state index contributed by atoms with van der Waals surface area (Å²) in [5.41, 5.74) is 3.42. The van der Waals surface area contributed by atoms with Gasteiger partial charge in [0.05, 0.1) is 12.9 Å². The van der Waals surface area contributed by atoms with Crippen molar-refractivity contribution in [2.45, 2.75) is 38.1 Å². The molecule has 1 aromatic carbocycles. The predicted molar refractivity (Wildman–Crippen MR) is 75.0 cm³/mol. The fourth-order valence-corrected chi connectivity index (χ4v) is 3.25. The van der Waals surface area contributed by atoms with E-state index in [1.54, 1.807) is 6.92 Å². The van der Waals surface area contributed by atoms with Gasteiger partial charge in [0.2, 0.25) is 5.91 Å². The van der Waals surface area contributed by atoms with E-state index in [-0.39, 0.29) is 11.9 Å².